The van der Waals surface area contributed by atoms with Crippen molar-refractivity contribution < 1.29 is 23.8 Å². The largest absolute Gasteiger partial charge is 0.490 e. The average Bonchev–Trinajstić information content (AvgIpc) is 2.97. The molecule has 3 aromatic carbocycles. The highest BCUT2D eigenvalue weighted by Crippen LogP contribution is 2.25. The molecule has 0 unspecified atom stereocenters. The van der Waals surface area contributed by atoms with Crippen molar-refractivity contribution in [3.63, 3.8) is 0 Å². The lowest BCUT2D eigenvalue weighted by atomic mass is 10.1. The van der Waals surface area contributed by atoms with Gasteiger partial charge < -0.3 is 24.4 Å². The first-order valence-electron chi connectivity index (χ1n) is 12.8. The van der Waals surface area contributed by atoms with Crippen LogP contribution in [0.5, 0.6) is 23.1 Å². The Morgan fingerprint density at radius 3 is 2.15 bits per heavy atom. The van der Waals surface area contributed by atoms with Gasteiger partial charge in [-0.3, -0.25) is 4.79 Å². The van der Waals surface area contributed by atoms with Gasteiger partial charge >= 0.3 is 6.09 Å². The third-order valence-electron chi connectivity index (χ3n) is 6.29. The van der Waals surface area contributed by atoms with Crippen LogP contribution >= 0.6 is 0 Å². The fourth-order valence-corrected chi connectivity index (χ4v) is 4.13. The molecule has 39 heavy (non-hydrogen) atoms. The van der Waals surface area contributed by atoms with Crippen LogP contribution in [0.1, 0.15) is 28.8 Å². The summed E-state index contributed by atoms with van der Waals surface area (Å²) in [7, 11) is 0. The lowest BCUT2D eigenvalue weighted by molar-refractivity contribution is 0.0929. The molecule has 1 aromatic heterocycles. The van der Waals surface area contributed by atoms with Crippen molar-refractivity contribution in [3.8, 4) is 23.1 Å². The third kappa shape index (κ3) is 7.13. The van der Waals surface area contributed by atoms with Crippen LogP contribution < -0.4 is 19.5 Å². The average molecular weight is 524 g/mol. The molecular weight excluding hydrogens is 494 g/mol. The summed E-state index contributed by atoms with van der Waals surface area (Å²) >= 11 is 0. The van der Waals surface area contributed by atoms with E-state index < -0.39 is 6.09 Å². The number of hydrogen-bond donors (Lipinski definition) is 1. The van der Waals surface area contributed by atoms with E-state index in [0.29, 0.717) is 54.6 Å². The SMILES string of the molecule is Cc1ccc(Oc2ccc(OC3CCN(C(=O)Oc4ccc(NC(=O)c5ccccc5)cc4)CC3)cc2)nc1. The van der Waals surface area contributed by atoms with Crippen LogP contribution in [-0.4, -0.2) is 41.1 Å². The Balaban J connectivity index is 1.05. The summed E-state index contributed by atoms with van der Waals surface area (Å²) in [5.41, 5.74) is 2.26. The minimum absolute atomic E-state index is 0.00657. The number of amides is 2. The number of rotatable bonds is 7. The van der Waals surface area contributed by atoms with E-state index >= 15 is 0 Å². The molecule has 8 nitrogen and oxygen atoms in total. The van der Waals surface area contributed by atoms with Gasteiger partial charge in [0.2, 0.25) is 5.88 Å². The van der Waals surface area contributed by atoms with Gasteiger partial charge in [0.1, 0.15) is 23.4 Å². The van der Waals surface area contributed by atoms with Crippen LogP contribution in [0.15, 0.2) is 97.2 Å². The molecule has 2 heterocycles. The van der Waals surface area contributed by atoms with Crippen molar-refractivity contribution in [1.82, 2.24) is 9.88 Å². The van der Waals surface area contributed by atoms with E-state index in [9.17, 15) is 9.59 Å². The standard InChI is InChI=1S/C31H29N3O5/c1-22-7-16-29(32-21-22)38-26-14-12-25(13-15-26)37-28-17-19-34(20-18-28)31(36)39-27-10-8-24(9-11-27)33-30(35)23-5-3-2-4-6-23/h2-16,21,28H,17-20H2,1H3,(H,33,35). The van der Waals surface area contributed by atoms with Gasteiger partial charge in [0, 0.05) is 49.4 Å². The molecule has 1 aliphatic heterocycles. The van der Waals surface area contributed by atoms with E-state index in [0.717, 1.165) is 11.3 Å². The quantitative estimate of drug-likeness (QED) is 0.298. The summed E-state index contributed by atoms with van der Waals surface area (Å²) in [6.45, 7) is 3.05. The van der Waals surface area contributed by atoms with Gasteiger partial charge in [-0.25, -0.2) is 9.78 Å². The normalized spacial score (nSPS) is 13.4. The number of anilines is 1. The predicted molar refractivity (Wildman–Crippen MR) is 148 cm³/mol. The number of likely N-dealkylation sites (tertiary alicyclic amines) is 1. The molecule has 198 valence electrons. The van der Waals surface area contributed by atoms with E-state index in [1.54, 1.807) is 47.5 Å². The molecule has 2 amide bonds. The number of nitrogens with zero attached hydrogens (tertiary/aromatic N) is 2. The summed E-state index contributed by atoms with van der Waals surface area (Å²) < 4.78 is 17.4. The maximum absolute atomic E-state index is 12.7. The Morgan fingerprint density at radius 1 is 0.821 bits per heavy atom. The first-order valence-corrected chi connectivity index (χ1v) is 12.8. The van der Waals surface area contributed by atoms with Crippen molar-refractivity contribution in [2.75, 3.05) is 18.4 Å². The molecule has 1 fully saturated rings. The molecule has 1 aliphatic rings. The molecule has 0 aliphatic carbocycles. The summed E-state index contributed by atoms with van der Waals surface area (Å²) in [5.74, 6) is 2.19. The number of hydrogen-bond acceptors (Lipinski definition) is 6. The Kier molecular flexibility index (Phi) is 8.02. The molecule has 1 saturated heterocycles. The molecule has 0 bridgehead atoms. The number of piperidine rings is 1. The monoisotopic (exact) mass is 523 g/mol. The van der Waals surface area contributed by atoms with Crippen LogP contribution in [0.25, 0.3) is 0 Å². The zero-order valence-corrected chi connectivity index (χ0v) is 21.6. The second kappa shape index (κ2) is 12.1. The molecular formula is C31H29N3O5. The maximum atomic E-state index is 12.7. The number of nitrogens with one attached hydrogen (secondary N) is 1. The minimum Gasteiger partial charge on any atom is -0.490 e. The molecule has 4 aromatic rings. The van der Waals surface area contributed by atoms with Gasteiger partial charge in [-0.1, -0.05) is 24.3 Å². The second-order valence-electron chi connectivity index (χ2n) is 9.26. The Hall–Kier alpha value is -4.85. The fourth-order valence-electron chi connectivity index (χ4n) is 4.13. The van der Waals surface area contributed by atoms with Crippen molar-refractivity contribution in [2.24, 2.45) is 0 Å². The van der Waals surface area contributed by atoms with Gasteiger partial charge in [0.15, 0.2) is 0 Å². The maximum Gasteiger partial charge on any atom is 0.415 e. The lowest BCUT2D eigenvalue weighted by Gasteiger charge is -2.31. The highest BCUT2D eigenvalue weighted by Gasteiger charge is 2.25. The van der Waals surface area contributed by atoms with E-state index in [1.165, 1.54) is 0 Å². The highest BCUT2D eigenvalue weighted by atomic mass is 16.6. The van der Waals surface area contributed by atoms with Crippen LogP contribution in [0.4, 0.5) is 10.5 Å². The molecule has 0 atom stereocenters. The summed E-state index contributed by atoms with van der Waals surface area (Å²) in [4.78, 5) is 30.9. The molecule has 1 N–H and O–H groups in total. The third-order valence-corrected chi connectivity index (χ3v) is 6.29. The van der Waals surface area contributed by atoms with Crippen LogP contribution in [0.2, 0.25) is 0 Å². The van der Waals surface area contributed by atoms with E-state index in [1.807, 2.05) is 61.5 Å². The first kappa shape index (κ1) is 25.8. The number of carbonyl (C=O) groups excluding carboxylic acids is 2. The van der Waals surface area contributed by atoms with Crippen molar-refractivity contribution >= 4 is 17.7 Å². The van der Waals surface area contributed by atoms with Crippen molar-refractivity contribution in [1.29, 1.82) is 0 Å². The Morgan fingerprint density at radius 2 is 1.49 bits per heavy atom. The lowest BCUT2D eigenvalue weighted by Crippen LogP contribution is -2.43. The number of aryl methyl sites for hydroxylation is 1. The first-order chi connectivity index (χ1) is 19.0. The van der Waals surface area contributed by atoms with Crippen LogP contribution in [0.3, 0.4) is 0 Å². The number of ether oxygens (including phenoxy) is 3. The number of benzene rings is 3. The van der Waals surface area contributed by atoms with Gasteiger partial charge in [-0.2, -0.15) is 0 Å². The van der Waals surface area contributed by atoms with Crippen LogP contribution in [-0.2, 0) is 0 Å². The van der Waals surface area contributed by atoms with E-state index in [4.69, 9.17) is 14.2 Å². The topological polar surface area (TPSA) is 90.0 Å². The molecule has 0 radical (unpaired) electrons. The molecule has 5 rings (SSSR count). The van der Waals surface area contributed by atoms with Crippen molar-refractivity contribution in [2.45, 2.75) is 25.9 Å². The summed E-state index contributed by atoms with van der Waals surface area (Å²) in [6, 6.07) is 26.9. The second-order valence-corrected chi connectivity index (χ2v) is 9.26. The zero-order valence-electron chi connectivity index (χ0n) is 21.6. The molecule has 0 saturated carbocycles. The number of pyridine rings is 1. The van der Waals surface area contributed by atoms with Gasteiger partial charge in [-0.05, 0) is 73.2 Å². The predicted octanol–water partition coefficient (Wildman–Crippen LogP) is 6.48. The number of aromatic nitrogens is 1. The van der Waals surface area contributed by atoms with Crippen molar-refractivity contribution in [3.05, 3.63) is 108 Å². The van der Waals surface area contributed by atoms with E-state index in [-0.39, 0.29) is 12.0 Å². The highest BCUT2D eigenvalue weighted by molar-refractivity contribution is 6.04. The minimum atomic E-state index is -0.402. The molecule has 0 spiro atoms. The van der Waals surface area contributed by atoms with Gasteiger partial charge in [-0.15, -0.1) is 0 Å². The zero-order chi connectivity index (χ0) is 27.0. The smallest absolute Gasteiger partial charge is 0.415 e. The van der Waals surface area contributed by atoms with E-state index in [2.05, 4.69) is 10.3 Å². The Labute approximate surface area is 227 Å². The van der Waals surface area contributed by atoms with Gasteiger partial charge in [0.05, 0.1) is 0 Å². The molecule has 8 heteroatoms. The summed E-state index contributed by atoms with van der Waals surface area (Å²) in [6.07, 6.45) is 2.77. The van der Waals surface area contributed by atoms with Crippen LogP contribution in [0, 0.1) is 6.92 Å². The van der Waals surface area contributed by atoms with Gasteiger partial charge in [0.25, 0.3) is 5.91 Å². The summed E-state index contributed by atoms with van der Waals surface area (Å²) in [5, 5.41) is 2.83. The number of carbonyl (C=O) groups is 2. The fraction of sp³-hybridized carbons (Fsp3) is 0.194. The Bertz CT molecular complexity index is 1380.